The average molecular weight is 415 g/mol. The Labute approximate surface area is 179 Å². The fourth-order valence-electron chi connectivity index (χ4n) is 3.24. The van der Waals surface area contributed by atoms with Crippen LogP contribution in [0.1, 0.15) is 50.3 Å². The maximum absolute atomic E-state index is 13.3. The molecular formula is C24H31ClN2O2. The van der Waals surface area contributed by atoms with Gasteiger partial charge in [0, 0.05) is 17.6 Å². The van der Waals surface area contributed by atoms with Crippen LogP contribution in [0.2, 0.25) is 5.02 Å². The van der Waals surface area contributed by atoms with Crippen molar-refractivity contribution in [3.8, 4) is 0 Å². The van der Waals surface area contributed by atoms with Gasteiger partial charge in [0.1, 0.15) is 6.04 Å². The lowest BCUT2D eigenvalue weighted by Crippen LogP contribution is -2.51. The second-order valence-electron chi connectivity index (χ2n) is 7.46. The highest BCUT2D eigenvalue weighted by molar-refractivity contribution is 6.31. The summed E-state index contributed by atoms with van der Waals surface area (Å²) in [6.45, 7) is 8.35. The summed E-state index contributed by atoms with van der Waals surface area (Å²) in [4.78, 5) is 28.0. The number of halogens is 1. The monoisotopic (exact) mass is 414 g/mol. The highest BCUT2D eigenvalue weighted by atomic mass is 35.5. The number of carbonyl (C=O) groups excluding carboxylic acids is 2. The number of hydrogen-bond acceptors (Lipinski definition) is 2. The van der Waals surface area contributed by atoms with Crippen molar-refractivity contribution in [3.63, 3.8) is 0 Å². The van der Waals surface area contributed by atoms with Crippen LogP contribution in [0.3, 0.4) is 0 Å². The predicted molar refractivity (Wildman–Crippen MR) is 119 cm³/mol. The molecule has 0 aliphatic carbocycles. The predicted octanol–water partition coefficient (Wildman–Crippen LogP) is 4.91. The molecule has 0 unspecified atom stereocenters. The third-order valence-corrected chi connectivity index (χ3v) is 5.66. The molecule has 2 amide bonds. The van der Waals surface area contributed by atoms with Crippen molar-refractivity contribution in [2.75, 3.05) is 0 Å². The van der Waals surface area contributed by atoms with E-state index in [9.17, 15) is 9.59 Å². The molecule has 0 aromatic heterocycles. The summed E-state index contributed by atoms with van der Waals surface area (Å²) in [6.07, 6.45) is 1.55. The molecule has 5 heteroatoms. The van der Waals surface area contributed by atoms with E-state index in [0.717, 1.165) is 23.1 Å². The highest BCUT2D eigenvalue weighted by Crippen LogP contribution is 2.20. The number of nitrogens with zero attached hydrogens (tertiary/aromatic N) is 1. The first-order valence-corrected chi connectivity index (χ1v) is 10.6. The first-order valence-electron chi connectivity index (χ1n) is 10.2. The molecule has 0 saturated heterocycles. The molecule has 0 bridgehead atoms. The van der Waals surface area contributed by atoms with Gasteiger partial charge in [-0.25, -0.2) is 0 Å². The molecule has 0 spiro atoms. The van der Waals surface area contributed by atoms with Crippen LogP contribution in [-0.4, -0.2) is 28.8 Å². The van der Waals surface area contributed by atoms with Crippen molar-refractivity contribution in [1.29, 1.82) is 0 Å². The molecule has 0 aliphatic rings. The normalized spacial score (nSPS) is 12.9. The number of benzene rings is 2. The standard InChI is InChI=1S/C24H31ClN2O2/c1-5-18(4)26-24(29)22(6-2)27(16-20-13-8-7-11-17(20)3)23(28)15-19-12-9-10-14-21(19)25/h7-14,18,22H,5-6,15-16H2,1-4H3,(H,26,29)/t18-,22-/m0/s1. The average Bonchev–Trinajstić information content (AvgIpc) is 2.70. The minimum Gasteiger partial charge on any atom is -0.352 e. The SMILES string of the molecule is CC[C@H](C)NC(=O)[C@H](CC)N(Cc1ccccc1C)C(=O)Cc1ccccc1Cl. The summed E-state index contributed by atoms with van der Waals surface area (Å²) in [5, 5.41) is 3.60. The van der Waals surface area contributed by atoms with Crippen LogP contribution < -0.4 is 5.32 Å². The lowest BCUT2D eigenvalue weighted by atomic mass is 10.0. The van der Waals surface area contributed by atoms with Crippen LogP contribution in [0, 0.1) is 6.92 Å². The van der Waals surface area contributed by atoms with Crippen molar-refractivity contribution in [3.05, 3.63) is 70.2 Å². The van der Waals surface area contributed by atoms with Gasteiger partial charge < -0.3 is 10.2 Å². The highest BCUT2D eigenvalue weighted by Gasteiger charge is 2.29. The van der Waals surface area contributed by atoms with Gasteiger partial charge in [-0.1, -0.05) is 67.9 Å². The quantitative estimate of drug-likeness (QED) is 0.633. The second-order valence-corrected chi connectivity index (χ2v) is 7.87. The summed E-state index contributed by atoms with van der Waals surface area (Å²) in [5.41, 5.74) is 2.90. The molecule has 2 aromatic rings. The van der Waals surface area contributed by atoms with Gasteiger partial charge in [0.2, 0.25) is 11.8 Å². The van der Waals surface area contributed by atoms with Gasteiger partial charge in [-0.3, -0.25) is 9.59 Å². The molecular weight excluding hydrogens is 384 g/mol. The van der Waals surface area contributed by atoms with Gasteiger partial charge in [0.15, 0.2) is 0 Å². The van der Waals surface area contributed by atoms with Gasteiger partial charge >= 0.3 is 0 Å². The Bertz CT molecular complexity index is 837. The lowest BCUT2D eigenvalue weighted by Gasteiger charge is -2.32. The fraction of sp³-hybridized carbons (Fsp3) is 0.417. The summed E-state index contributed by atoms with van der Waals surface area (Å²) >= 11 is 6.27. The van der Waals surface area contributed by atoms with Gasteiger partial charge in [-0.2, -0.15) is 0 Å². The second kappa shape index (κ2) is 11.0. The number of nitrogens with one attached hydrogen (secondary N) is 1. The van der Waals surface area contributed by atoms with E-state index in [1.807, 2.05) is 70.2 Å². The minimum absolute atomic E-state index is 0.0653. The Balaban J connectivity index is 2.33. The smallest absolute Gasteiger partial charge is 0.243 e. The number of aryl methyl sites for hydroxylation is 1. The lowest BCUT2D eigenvalue weighted by molar-refractivity contribution is -0.141. The van der Waals surface area contributed by atoms with E-state index in [0.29, 0.717) is 18.0 Å². The number of amides is 2. The van der Waals surface area contributed by atoms with E-state index in [1.54, 1.807) is 11.0 Å². The van der Waals surface area contributed by atoms with Crippen molar-refractivity contribution in [1.82, 2.24) is 10.2 Å². The van der Waals surface area contributed by atoms with Crippen molar-refractivity contribution in [2.24, 2.45) is 0 Å². The largest absolute Gasteiger partial charge is 0.352 e. The summed E-state index contributed by atoms with van der Waals surface area (Å²) in [6, 6.07) is 14.8. The summed E-state index contributed by atoms with van der Waals surface area (Å²) < 4.78 is 0. The number of hydrogen-bond donors (Lipinski definition) is 1. The Hall–Kier alpha value is -2.33. The number of carbonyl (C=O) groups is 2. The van der Waals surface area contributed by atoms with E-state index in [1.165, 1.54) is 0 Å². The molecule has 29 heavy (non-hydrogen) atoms. The van der Waals surface area contributed by atoms with Crippen molar-refractivity contribution < 1.29 is 9.59 Å². The third kappa shape index (κ3) is 6.33. The zero-order valence-corrected chi connectivity index (χ0v) is 18.5. The first kappa shape index (κ1) is 23.0. The van der Waals surface area contributed by atoms with Crippen molar-refractivity contribution >= 4 is 23.4 Å². The molecule has 0 heterocycles. The van der Waals surface area contributed by atoms with Gasteiger partial charge in [-0.05, 0) is 49.4 Å². The van der Waals surface area contributed by atoms with Crippen LogP contribution >= 0.6 is 11.6 Å². The minimum atomic E-state index is -0.529. The Morgan fingerprint density at radius 2 is 1.62 bits per heavy atom. The van der Waals surface area contributed by atoms with Gasteiger partial charge in [-0.15, -0.1) is 0 Å². The van der Waals surface area contributed by atoms with E-state index >= 15 is 0 Å². The molecule has 2 aromatic carbocycles. The fourth-order valence-corrected chi connectivity index (χ4v) is 3.44. The van der Waals surface area contributed by atoms with Crippen LogP contribution in [0.5, 0.6) is 0 Å². The molecule has 0 fully saturated rings. The zero-order valence-electron chi connectivity index (χ0n) is 17.7. The maximum atomic E-state index is 13.3. The van der Waals surface area contributed by atoms with Gasteiger partial charge in [0.05, 0.1) is 6.42 Å². The first-order chi connectivity index (χ1) is 13.9. The Morgan fingerprint density at radius 1 is 1.00 bits per heavy atom. The van der Waals surface area contributed by atoms with E-state index in [2.05, 4.69) is 5.32 Å². The van der Waals surface area contributed by atoms with E-state index < -0.39 is 6.04 Å². The molecule has 1 N–H and O–H groups in total. The number of rotatable bonds is 9. The molecule has 156 valence electrons. The third-order valence-electron chi connectivity index (χ3n) is 5.29. The Morgan fingerprint density at radius 3 is 2.21 bits per heavy atom. The maximum Gasteiger partial charge on any atom is 0.243 e. The van der Waals surface area contributed by atoms with Crippen LogP contribution in [0.4, 0.5) is 0 Å². The topological polar surface area (TPSA) is 49.4 Å². The molecule has 4 nitrogen and oxygen atoms in total. The summed E-state index contributed by atoms with van der Waals surface area (Å²) in [7, 11) is 0. The molecule has 2 rings (SSSR count). The zero-order chi connectivity index (χ0) is 21.4. The Kier molecular flexibility index (Phi) is 8.71. The molecule has 0 radical (unpaired) electrons. The molecule has 0 saturated carbocycles. The van der Waals surface area contributed by atoms with Crippen LogP contribution in [-0.2, 0) is 22.6 Å². The van der Waals surface area contributed by atoms with Crippen LogP contribution in [0.25, 0.3) is 0 Å². The van der Waals surface area contributed by atoms with E-state index in [-0.39, 0.29) is 24.3 Å². The van der Waals surface area contributed by atoms with Gasteiger partial charge in [0.25, 0.3) is 0 Å². The summed E-state index contributed by atoms with van der Waals surface area (Å²) in [5.74, 6) is -0.213. The van der Waals surface area contributed by atoms with E-state index in [4.69, 9.17) is 11.6 Å². The molecule has 0 aliphatic heterocycles. The van der Waals surface area contributed by atoms with Crippen LogP contribution in [0.15, 0.2) is 48.5 Å². The molecule has 2 atom stereocenters. The van der Waals surface area contributed by atoms with Crippen molar-refractivity contribution in [2.45, 2.75) is 65.6 Å².